The van der Waals surface area contributed by atoms with Gasteiger partial charge in [-0.15, -0.1) is 0 Å². The zero-order valence-electron chi connectivity index (χ0n) is 14.8. The first-order chi connectivity index (χ1) is 11.7. The fourth-order valence-corrected chi connectivity index (χ4v) is 2.77. The Labute approximate surface area is 144 Å². The Balaban J connectivity index is 1.78. The smallest absolute Gasteiger partial charge is 0.320 e. The SMILES string of the molecule is CCOC(=O)CN(C)CCNc1nccc(N2CCCCCC2)n1. The predicted molar refractivity (Wildman–Crippen MR) is 95.3 cm³/mol. The number of likely N-dealkylation sites (N-methyl/N-ethyl adjacent to an activating group) is 1. The maximum Gasteiger partial charge on any atom is 0.320 e. The zero-order chi connectivity index (χ0) is 17.2. The minimum atomic E-state index is -0.195. The highest BCUT2D eigenvalue weighted by Gasteiger charge is 2.12. The molecule has 2 rings (SSSR count). The standard InChI is InChI=1S/C17H29N5O2/c1-3-24-16(23)14-21(2)13-10-19-17-18-9-8-15(20-17)22-11-6-4-5-7-12-22/h8-9H,3-7,10-14H2,1-2H3,(H,18,19,20). The number of nitrogens with one attached hydrogen (secondary N) is 1. The van der Waals surface area contributed by atoms with E-state index in [2.05, 4.69) is 20.2 Å². The fourth-order valence-electron chi connectivity index (χ4n) is 2.77. The molecular weight excluding hydrogens is 306 g/mol. The topological polar surface area (TPSA) is 70.6 Å². The van der Waals surface area contributed by atoms with Gasteiger partial charge in [0.25, 0.3) is 0 Å². The van der Waals surface area contributed by atoms with Crippen molar-refractivity contribution in [3.8, 4) is 0 Å². The van der Waals surface area contributed by atoms with Crippen molar-refractivity contribution in [2.24, 2.45) is 0 Å². The minimum absolute atomic E-state index is 0.195. The average Bonchev–Trinajstić information content (AvgIpc) is 2.84. The van der Waals surface area contributed by atoms with Gasteiger partial charge >= 0.3 is 5.97 Å². The molecule has 1 aliphatic heterocycles. The van der Waals surface area contributed by atoms with Gasteiger partial charge in [0.15, 0.2) is 0 Å². The molecule has 0 aliphatic carbocycles. The van der Waals surface area contributed by atoms with Gasteiger partial charge in [-0.1, -0.05) is 12.8 Å². The maximum absolute atomic E-state index is 11.4. The Hall–Kier alpha value is -1.89. The normalized spacial score (nSPS) is 15.2. The van der Waals surface area contributed by atoms with Gasteiger partial charge in [0.1, 0.15) is 5.82 Å². The highest BCUT2D eigenvalue weighted by Crippen LogP contribution is 2.17. The largest absolute Gasteiger partial charge is 0.465 e. The molecule has 0 spiro atoms. The molecule has 7 heteroatoms. The summed E-state index contributed by atoms with van der Waals surface area (Å²) in [6.07, 6.45) is 6.87. The molecule has 1 N–H and O–H groups in total. The second kappa shape index (κ2) is 10.1. The van der Waals surface area contributed by atoms with Gasteiger partial charge in [-0.2, -0.15) is 4.98 Å². The predicted octanol–water partition coefficient (Wildman–Crippen LogP) is 1.76. The van der Waals surface area contributed by atoms with Crippen LogP contribution in [0.25, 0.3) is 0 Å². The Bertz CT molecular complexity index is 504. The Morgan fingerprint density at radius 3 is 2.79 bits per heavy atom. The third kappa shape index (κ3) is 6.31. The number of carbonyl (C=O) groups is 1. The number of esters is 1. The molecular formula is C17H29N5O2. The zero-order valence-corrected chi connectivity index (χ0v) is 14.8. The van der Waals surface area contributed by atoms with Crippen molar-refractivity contribution in [1.29, 1.82) is 0 Å². The van der Waals surface area contributed by atoms with Crippen LogP contribution < -0.4 is 10.2 Å². The number of hydrogen-bond acceptors (Lipinski definition) is 7. The van der Waals surface area contributed by atoms with Gasteiger partial charge in [0, 0.05) is 32.4 Å². The number of anilines is 2. The highest BCUT2D eigenvalue weighted by atomic mass is 16.5. The molecule has 1 fully saturated rings. The monoisotopic (exact) mass is 335 g/mol. The number of rotatable bonds is 8. The van der Waals surface area contributed by atoms with Crippen LogP contribution >= 0.6 is 0 Å². The van der Waals surface area contributed by atoms with Crippen molar-refractivity contribution >= 4 is 17.7 Å². The summed E-state index contributed by atoms with van der Waals surface area (Å²) in [5, 5.41) is 3.23. The summed E-state index contributed by atoms with van der Waals surface area (Å²) >= 11 is 0. The molecule has 0 aromatic carbocycles. The second-order valence-corrected chi connectivity index (χ2v) is 6.11. The van der Waals surface area contributed by atoms with Crippen LogP contribution in [0.5, 0.6) is 0 Å². The Kier molecular flexibility index (Phi) is 7.74. The van der Waals surface area contributed by atoms with E-state index in [1.165, 1.54) is 25.7 Å². The summed E-state index contributed by atoms with van der Waals surface area (Å²) in [5.74, 6) is 1.44. The van der Waals surface area contributed by atoms with Crippen LogP contribution in [-0.4, -0.2) is 67.2 Å². The minimum Gasteiger partial charge on any atom is -0.465 e. The van der Waals surface area contributed by atoms with Crippen molar-refractivity contribution in [3.05, 3.63) is 12.3 Å². The first kappa shape index (κ1) is 18.4. The molecule has 0 amide bonds. The number of aromatic nitrogens is 2. The molecule has 134 valence electrons. The molecule has 24 heavy (non-hydrogen) atoms. The molecule has 1 aromatic rings. The maximum atomic E-state index is 11.4. The van der Waals surface area contributed by atoms with Crippen molar-refractivity contribution in [2.75, 3.05) is 56.6 Å². The molecule has 0 saturated carbocycles. The molecule has 1 aromatic heterocycles. The molecule has 0 radical (unpaired) electrons. The molecule has 1 saturated heterocycles. The highest BCUT2D eigenvalue weighted by molar-refractivity contribution is 5.71. The first-order valence-corrected chi connectivity index (χ1v) is 8.85. The molecule has 2 heterocycles. The molecule has 0 bridgehead atoms. The van der Waals surface area contributed by atoms with Crippen molar-refractivity contribution in [1.82, 2.24) is 14.9 Å². The van der Waals surface area contributed by atoms with Crippen LogP contribution in [0.4, 0.5) is 11.8 Å². The van der Waals surface area contributed by atoms with Gasteiger partial charge < -0.3 is 15.0 Å². The summed E-state index contributed by atoms with van der Waals surface area (Å²) in [6, 6.07) is 1.98. The fraction of sp³-hybridized carbons (Fsp3) is 0.706. The van der Waals surface area contributed by atoms with Crippen LogP contribution in [0.3, 0.4) is 0 Å². The van der Waals surface area contributed by atoms with Crippen LogP contribution in [0, 0.1) is 0 Å². The van der Waals surface area contributed by atoms with Crippen LogP contribution in [0.1, 0.15) is 32.6 Å². The van der Waals surface area contributed by atoms with E-state index in [1.54, 1.807) is 6.20 Å². The van der Waals surface area contributed by atoms with Crippen LogP contribution in [-0.2, 0) is 9.53 Å². The van der Waals surface area contributed by atoms with E-state index in [-0.39, 0.29) is 5.97 Å². The summed E-state index contributed by atoms with van der Waals surface area (Å²) in [7, 11) is 1.90. The van der Waals surface area contributed by atoms with E-state index in [0.29, 0.717) is 25.6 Å². The Morgan fingerprint density at radius 2 is 2.08 bits per heavy atom. The lowest BCUT2D eigenvalue weighted by Crippen LogP contribution is -2.31. The molecule has 0 atom stereocenters. The lowest BCUT2D eigenvalue weighted by Gasteiger charge is -2.21. The number of ether oxygens (including phenoxy) is 1. The van der Waals surface area contributed by atoms with Gasteiger partial charge in [-0.25, -0.2) is 4.98 Å². The molecule has 1 aliphatic rings. The van der Waals surface area contributed by atoms with E-state index in [4.69, 9.17) is 4.74 Å². The number of nitrogens with zero attached hydrogens (tertiary/aromatic N) is 4. The summed E-state index contributed by atoms with van der Waals surface area (Å²) < 4.78 is 4.94. The van der Waals surface area contributed by atoms with Crippen LogP contribution in [0.15, 0.2) is 12.3 Å². The molecule has 7 nitrogen and oxygen atoms in total. The van der Waals surface area contributed by atoms with E-state index in [9.17, 15) is 4.79 Å². The summed E-state index contributed by atoms with van der Waals surface area (Å²) in [6.45, 7) is 6.06. The lowest BCUT2D eigenvalue weighted by atomic mass is 10.2. The first-order valence-electron chi connectivity index (χ1n) is 8.85. The number of hydrogen-bond donors (Lipinski definition) is 1. The van der Waals surface area contributed by atoms with Gasteiger partial charge in [-0.3, -0.25) is 9.69 Å². The van der Waals surface area contributed by atoms with Crippen molar-refractivity contribution in [2.45, 2.75) is 32.6 Å². The quantitative estimate of drug-likeness (QED) is 0.726. The van der Waals surface area contributed by atoms with Gasteiger partial charge in [0.05, 0.1) is 13.2 Å². The summed E-state index contributed by atoms with van der Waals surface area (Å²) in [5.41, 5.74) is 0. The Morgan fingerprint density at radius 1 is 1.33 bits per heavy atom. The molecule has 0 unspecified atom stereocenters. The average molecular weight is 335 g/mol. The van der Waals surface area contributed by atoms with Crippen LogP contribution in [0.2, 0.25) is 0 Å². The third-order valence-electron chi connectivity index (χ3n) is 4.05. The third-order valence-corrected chi connectivity index (χ3v) is 4.05. The van der Waals surface area contributed by atoms with Gasteiger partial charge in [-0.05, 0) is 32.9 Å². The van der Waals surface area contributed by atoms with Crippen molar-refractivity contribution in [3.63, 3.8) is 0 Å². The summed E-state index contributed by atoms with van der Waals surface area (Å²) in [4.78, 5) is 24.6. The number of carbonyl (C=O) groups excluding carboxylic acids is 1. The van der Waals surface area contributed by atoms with Gasteiger partial charge in [0.2, 0.25) is 5.95 Å². The second-order valence-electron chi connectivity index (χ2n) is 6.11. The lowest BCUT2D eigenvalue weighted by molar-refractivity contribution is -0.144. The van der Waals surface area contributed by atoms with E-state index in [1.807, 2.05) is 24.9 Å². The van der Waals surface area contributed by atoms with Crippen molar-refractivity contribution < 1.29 is 9.53 Å². The van der Waals surface area contributed by atoms with E-state index < -0.39 is 0 Å². The van der Waals surface area contributed by atoms with E-state index in [0.717, 1.165) is 25.5 Å². The van der Waals surface area contributed by atoms with E-state index >= 15 is 0 Å².